The van der Waals surface area contributed by atoms with Crippen LogP contribution in [0.15, 0.2) is 48.9 Å². The Hall–Kier alpha value is -4.23. The van der Waals surface area contributed by atoms with Crippen LogP contribution in [0.25, 0.3) is 16.8 Å². The molecule has 5 heterocycles. The van der Waals surface area contributed by atoms with E-state index in [4.69, 9.17) is 20.2 Å². The molecule has 2 saturated heterocycles. The topological polar surface area (TPSA) is 120 Å². The van der Waals surface area contributed by atoms with Crippen LogP contribution in [0.1, 0.15) is 60.3 Å². The number of nitrogen functional groups attached to an aromatic ring is 1. The van der Waals surface area contributed by atoms with Gasteiger partial charge in [0.05, 0.1) is 12.2 Å². The largest absolute Gasteiger partial charge is 0.490 e. The highest BCUT2D eigenvalue weighted by atomic mass is 19.4. The summed E-state index contributed by atoms with van der Waals surface area (Å²) in [4.78, 5) is 29.0. The Morgan fingerprint density at radius 3 is 2.80 bits per heavy atom. The van der Waals surface area contributed by atoms with E-state index in [9.17, 15) is 18.0 Å². The number of ether oxygens (including phenoxy) is 2. The highest BCUT2D eigenvalue weighted by Gasteiger charge is 2.35. The number of piperidine rings is 1. The van der Waals surface area contributed by atoms with Crippen LogP contribution in [-0.4, -0.2) is 69.1 Å². The Labute approximate surface area is 252 Å². The average molecular weight is 610 g/mol. The number of hydrogen-bond donors (Lipinski definition) is 2. The Bertz CT molecular complexity index is 1660. The first-order valence-corrected chi connectivity index (χ1v) is 14.8. The van der Waals surface area contributed by atoms with Crippen molar-refractivity contribution < 1.29 is 27.4 Å². The number of pyridine rings is 1. The van der Waals surface area contributed by atoms with Gasteiger partial charge in [0.25, 0.3) is 5.91 Å². The fraction of sp³-hybridized carbons (Fsp3) is 0.419. The summed E-state index contributed by atoms with van der Waals surface area (Å²) in [6.07, 6.45) is 4.55. The molecule has 2 aliphatic rings. The van der Waals surface area contributed by atoms with Crippen LogP contribution in [0.3, 0.4) is 0 Å². The van der Waals surface area contributed by atoms with Crippen LogP contribution in [0.2, 0.25) is 0 Å². The summed E-state index contributed by atoms with van der Waals surface area (Å²) in [7, 11) is 0. The number of halogens is 3. The van der Waals surface area contributed by atoms with E-state index in [2.05, 4.69) is 20.2 Å². The molecule has 13 heteroatoms. The van der Waals surface area contributed by atoms with E-state index in [1.54, 1.807) is 18.3 Å². The van der Waals surface area contributed by atoms with Gasteiger partial charge in [0.2, 0.25) is 0 Å². The van der Waals surface area contributed by atoms with Crippen LogP contribution >= 0.6 is 0 Å². The molecule has 1 aromatic carbocycles. The highest BCUT2D eigenvalue weighted by molar-refractivity contribution is 6.04. The van der Waals surface area contributed by atoms with Crippen molar-refractivity contribution in [2.24, 2.45) is 0 Å². The molecule has 1 amide bonds. The van der Waals surface area contributed by atoms with Gasteiger partial charge in [0.15, 0.2) is 0 Å². The van der Waals surface area contributed by atoms with Crippen molar-refractivity contribution >= 4 is 23.1 Å². The number of aromatic nitrogens is 4. The zero-order valence-electron chi connectivity index (χ0n) is 24.3. The van der Waals surface area contributed by atoms with E-state index in [1.807, 2.05) is 17.5 Å². The zero-order valence-corrected chi connectivity index (χ0v) is 24.3. The minimum atomic E-state index is -4.57. The fourth-order valence-electron chi connectivity index (χ4n) is 6.20. The van der Waals surface area contributed by atoms with Gasteiger partial charge in [-0.05, 0) is 69.5 Å². The number of anilines is 2. The van der Waals surface area contributed by atoms with Gasteiger partial charge in [-0.25, -0.2) is 15.0 Å². The smallest absolute Gasteiger partial charge is 0.416 e. The monoisotopic (exact) mass is 609 g/mol. The number of benzene rings is 1. The maximum Gasteiger partial charge on any atom is 0.416 e. The van der Waals surface area contributed by atoms with Crippen molar-refractivity contribution in [1.82, 2.24) is 24.3 Å². The summed E-state index contributed by atoms with van der Waals surface area (Å²) in [5.41, 5.74) is 7.51. The molecule has 0 radical (unpaired) electrons. The van der Waals surface area contributed by atoms with Gasteiger partial charge in [0, 0.05) is 54.8 Å². The van der Waals surface area contributed by atoms with Gasteiger partial charge in [-0.3, -0.25) is 14.1 Å². The van der Waals surface area contributed by atoms with E-state index < -0.39 is 17.6 Å². The first kappa shape index (κ1) is 29.8. The number of amides is 1. The number of carbonyl (C=O) groups is 1. The number of imidazole rings is 1. The van der Waals surface area contributed by atoms with E-state index in [0.717, 1.165) is 50.1 Å². The lowest BCUT2D eigenvalue weighted by atomic mass is 9.92. The first-order chi connectivity index (χ1) is 21.2. The Kier molecular flexibility index (Phi) is 8.41. The number of nitrogens with zero attached hydrogens (tertiary/aromatic N) is 5. The number of nitrogens with one attached hydrogen (secondary N) is 1. The van der Waals surface area contributed by atoms with Crippen LogP contribution in [-0.2, 0) is 10.9 Å². The van der Waals surface area contributed by atoms with Gasteiger partial charge in [-0.15, -0.1) is 0 Å². The lowest BCUT2D eigenvalue weighted by molar-refractivity contribution is -0.137. The molecule has 2 fully saturated rings. The maximum absolute atomic E-state index is 13.2. The van der Waals surface area contributed by atoms with Gasteiger partial charge in [0.1, 0.15) is 41.0 Å². The molecular formula is C31H34F3N7O3. The maximum atomic E-state index is 13.2. The van der Waals surface area contributed by atoms with E-state index in [1.165, 1.54) is 18.9 Å². The minimum Gasteiger partial charge on any atom is -0.490 e. The molecule has 3 aromatic heterocycles. The Balaban J connectivity index is 1.36. The standard InChI is InChI=1S/C31H34F3N7O3/c1-2-43-14-15-44-24-16-19(30(42)38-25-17-21(9-10-36-25)31(32,33)34)6-8-23(24)26-27-28(35)37-11-13-41(27)29(39-26)20-5-7-22-4-3-12-40(22)18-20/h6,8-11,13,16-17,20,22H,2-5,7,12,14-15,18H2,1H3,(H2,35,37)(H,36,38,42). The predicted molar refractivity (Wildman–Crippen MR) is 159 cm³/mol. The summed E-state index contributed by atoms with van der Waals surface area (Å²) in [5.74, 6) is 0.911. The number of nitrogens with two attached hydrogens (primary N) is 1. The quantitative estimate of drug-likeness (QED) is 0.242. The molecular weight excluding hydrogens is 575 g/mol. The van der Waals surface area contributed by atoms with Gasteiger partial charge in [-0.2, -0.15) is 13.2 Å². The van der Waals surface area contributed by atoms with Crippen molar-refractivity contribution in [2.75, 3.05) is 44.0 Å². The molecule has 4 aromatic rings. The molecule has 0 saturated carbocycles. The molecule has 2 unspecified atom stereocenters. The Morgan fingerprint density at radius 2 is 1.98 bits per heavy atom. The molecule has 2 atom stereocenters. The first-order valence-electron chi connectivity index (χ1n) is 14.8. The molecule has 0 aliphatic carbocycles. The predicted octanol–water partition coefficient (Wildman–Crippen LogP) is 5.40. The SMILES string of the molecule is CCOCCOc1cc(C(=O)Nc2cc(C(F)(F)F)ccn2)ccc1-c1nc(C2CCC3CCCN3C2)n2ccnc(N)c12. The van der Waals surface area contributed by atoms with E-state index in [0.29, 0.717) is 47.6 Å². The van der Waals surface area contributed by atoms with Crippen LogP contribution < -0.4 is 15.8 Å². The highest BCUT2D eigenvalue weighted by Crippen LogP contribution is 2.40. The summed E-state index contributed by atoms with van der Waals surface area (Å²) >= 11 is 0. The second-order valence-electron chi connectivity index (χ2n) is 11.1. The van der Waals surface area contributed by atoms with Crippen molar-refractivity contribution in [1.29, 1.82) is 0 Å². The molecule has 10 nitrogen and oxygen atoms in total. The molecule has 0 spiro atoms. The summed E-state index contributed by atoms with van der Waals surface area (Å²) in [6.45, 7) is 4.93. The third-order valence-corrected chi connectivity index (χ3v) is 8.29. The van der Waals surface area contributed by atoms with Gasteiger partial charge >= 0.3 is 6.18 Å². The van der Waals surface area contributed by atoms with Crippen molar-refractivity contribution in [2.45, 2.75) is 50.7 Å². The fourth-order valence-corrected chi connectivity index (χ4v) is 6.20. The number of alkyl halides is 3. The third kappa shape index (κ3) is 6.06. The number of rotatable bonds is 9. The van der Waals surface area contributed by atoms with E-state index in [-0.39, 0.29) is 23.9 Å². The number of carbonyl (C=O) groups excluding carboxylic acids is 1. The average Bonchev–Trinajstić information content (AvgIpc) is 3.64. The van der Waals surface area contributed by atoms with E-state index >= 15 is 0 Å². The van der Waals surface area contributed by atoms with Crippen LogP contribution in [0.5, 0.6) is 5.75 Å². The summed E-state index contributed by atoms with van der Waals surface area (Å²) in [5, 5.41) is 2.45. The van der Waals surface area contributed by atoms with Crippen molar-refractivity contribution in [3.63, 3.8) is 0 Å². The van der Waals surface area contributed by atoms with Crippen molar-refractivity contribution in [3.8, 4) is 17.0 Å². The number of fused-ring (bicyclic) bond motifs is 2. The van der Waals surface area contributed by atoms with Crippen LogP contribution in [0, 0.1) is 0 Å². The normalized spacial score (nSPS) is 18.8. The molecule has 0 bridgehead atoms. The summed E-state index contributed by atoms with van der Waals surface area (Å²) in [6, 6.07) is 7.09. The van der Waals surface area contributed by atoms with Gasteiger partial charge in [-0.1, -0.05) is 0 Å². The lowest BCUT2D eigenvalue weighted by Gasteiger charge is -2.34. The minimum absolute atomic E-state index is 0.168. The van der Waals surface area contributed by atoms with Gasteiger partial charge < -0.3 is 20.5 Å². The third-order valence-electron chi connectivity index (χ3n) is 8.29. The summed E-state index contributed by atoms with van der Waals surface area (Å²) < 4.78 is 53.1. The zero-order chi connectivity index (χ0) is 30.8. The molecule has 2 aliphatic heterocycles. The molecule has 44 heavy (non-hydrogen) atoms. The molecule has 6 rings (SSSR count). The van der Waals surface area contributed by atoms with Crippen molar-refractivity contribution in [3.05, 3.63) is 65.9 Å². The second-order valence-corrected chi connectivity index (χ2v) is 11.1. The lowest BCUT2D eigenvalue weighted by Crippen LogP contribution is -2.38. The Morgan fingerprint density at radius 1 is 1.11 bits per heavy atom. The molecule has 3 N–H and O–H groups in total. The van der Waals surface area contributed by atoms with Crippen LogP contribution in [0.4, 0.5) is 24.8 Å². The number of hydrogen-bond acceptors (Lipinski definition) is 8. The molecule has 232 valence electrons. The second kappa shape index (κ2) is 12.4.